The summed E-state index contributed by atoms with van der Waals surface area (Å²) in [6, 6.07) is 6.22. The Hall–Kier alpha value is -1.70. The average Bonchev–Trinajstić information content (AvgIpc) is 2.39. The smallest absolute Gasteiger partial charge is 0.109 e. The largest absolute Gasteiger partial charge is 0.385 e. The van der Waals surface area contributed by atoms with Crippen LogP contribution in [0.25, 0.3) is 17.0 Å². The van der Waals surface area contributed by atoms with E-state index in [0.717, 1.165) is 16.5 Å². The minimum atomic E-state index is 0.690. The maximum Gasteiger partial charge on any atom is 0.109 e. The molecular weight excluding hydrogens is 160 g/mol. The number of aromatic nitrogens is 1. The topological polar surface area (TPSA) is 41.8 Å². The predicted octanol–water partition coefficient (Wildman–Crippen LogP) is 2.70. The van der Waals surface area contributed by atoms with Crippen LogP contribution < -0.4 is 5.73 Å². The summed E-state index contributed by atoms with van der Waals surface area (Å²) in [7, 11) is 0. The van der Waals surface area contributed by atoms with Crippen LogP contribution in [0.15, 0.2) is 24.8 Å². The number of rotatable bonds is 1. The molecule has 1 aromatic carbocycles. The number of H-pyrrole nitrogens is 1. The summed E-state index contributed by atoms with van der Waals surface area (Å²) in [5.74, 6) is 0.690. The number of aryl methyl sites for hydroxylation is 1. The van der Waals surface area contributed by atoms with E-state index in [1.54, 1.807) is 6.08 Å². The van der Waals surface area contributed by atoms with Gasteiger partial charge in [-0.1, -0.05) is 24.8 Å². The third-order valence-electron chi connectivity index (χ3n) is 2.23. The molecule has 1 heterocycles. The van der Waals surface area contributed by atoms with Crippen LogP contribution in [-0.4, -0.2) is 4.98 Å². The second-order valence-electron chi connectivity index (χ2n) is 3.21. The van der Waals surface area contributed by atoms with Crippen LogP contribution in [0, 0.1) is 6.92 Å². The van der Waals surface area contributed by atoms with Crippen molar-refractivity contribution in [3.05, 3.63) is 35.9 Å². The molecule has 1 aromatic heterocycles. The van der Waals surface area contributed by atoms with Gasteiger partial charge < -0.3 is 10.7 Å². The molecule has 0 aliphatic carbocycles. The summed E-state index contributed by atoms with van der Waals surface area (Å²) in [6.45, 7) is 5.80. The van der Waals surface area contributed by atoms with E-state index in [2.05, 4.69) is 36.7 Å². The Morgan fingerprint density at radius 2 is 2.23 bits per heavy atom. The number of anilines is 1. The maximum atomic E-state index is 5.79. The van der Waals surface area contributed by atoms with E-state index in [0.29, 0.717) is 5.82 Å². The molecule has 0 bridgehead atoms. The maximum absolute atomic E-state index is 5.79. The van der Waals surface area contributed by atoms with Crippen LogP contribution in [0.2, 0.25) is 0 Å². The lowest BCUT2D eigenvalue weighted by Gasteiger charge is -1.93. The molecule has 0 saturated heterocycles. The first-order chi connectivity index (χ1) is 6.22. The number of hydrogen-bond acceptors (Lipinski definition) is 1. The molecule has 66 valence electrons. The van der Waals surface area contributed by atoms with Gasteiger partial charge in [-0.25, -0.2) is 0 Å². The fraction of sp³-hybridized carbons (Fsp3) is 0.0909. The van der Waals surface area contributed by atoms with E-state index >= 15 is 0 Å². The zero-order chi connectivity index (χ0) is 9.42. The van der Waals surface area contributed by atoms with E-state index < -0.39 is 0 Å². The molecule has 2 nitrogen and oxygen atoms in total. The number of benzene rings is 1. The summed E-state index contributed by atoms with van der Waals surface area (Å²) in [4.78, 5) is 3.13. The Morgan fingerprint density at radius 3 is 2.92 bits per heavy atom. The van der Waals surface area contributed by atoms with E-state index in [-0.39, 0.29) is 0 Å². The van der Waals surface area contributed by atoms with E-state index in [1.807, 2.05) is 0 Å². The van der Waals surface area contributed by atoms with Crippen molar-refractivity contribution < 1.29 is 0 Å². The monoisotopic (exact) mass is 172 g/mol. The second kappa shape index (κ2) is 2.66. The molecule has 0 atom stereocenters. The highest BCUT2D eigenvalue weighted by Gasteiger charge is 2.04. The van der Waals surface area contributed by atoms with E-state index in [1.165, 1.54) is 5.56 Å². The van der Waals surface area contributed by atoms with Gasteiger partial charge in [0, 0.05) is 16.5 Å². The minimum absolute atomic E-state index is 0.690. The zero-order valence-corrected chi connectivity index (χ0v) is 7.59. The molecular formula is C11H12N2. The fourth-order valence-corrected chi connectivity index (χ4v) is 1.57. The summed E-state index contributed by atoms with van der Waals surface area (Å²) in [6.07, 6.45) is 1.78. The van der Waals surface area contributed by atoms with Gasteiger partial charge in [0.25, 0.3) is 0 Å². The van der Waals surface area contributed by atoms with Crippen LogP contribution >= 0.6 is 0 Å². The molecule has 0 spiro atoms. The molecule has 0 unspecified atom stereocenters. The van der Waals surface area contributed by atoms with Crippen LogP contribution in [-0.2, 0) is 0 Å². The first kappa shape index (κ1) is 7.92. The molecule has 3 N–H and O–H groups in total. The zero-order valence-electron chi connectivity index (χ0n) is 7.59. The highest BCUT2D eigenvalue weighted by atomic mass is 14.8. The van der Waals surface area contributed by atoms with Crippen LogP contribution in [0.1, 0.15) is 11.1 Å². The Morgan fingerprint density at radius 1 is 1.46 bits per heavy atom. The molecule has 13 heavy (non-hydrogen) atoms. The van der Waals surface area contributed by atoms with Crippen LogP contribution in [0.4, 0.5) is 5.82 Å². The number of hydrogen-bond donors (Lipinski definition) is 2. The van der Waals surface area contributed by atoms with Crippen molar-refractivity contribution in [3.63, 3.8) is 0 Å². The molecule has 2 rings (SSSR count). The lowest BCUT2D eigenvalue weighted by Crippen LogP contribution is -1.85. The van der Waals surface area contributed by atoms with Crippen LogP contribution in [0.5, 0.6) is 0 Å². The van der Waals surface area contributed by atoms with Gasteiger partial charge in [-0.15, -0.1) is 0 Å². The Kier molecular flexibility index (Phi) is 1.62. The highest BCUT2D eigenvalue weighted by Crippen LogP contribution is 2.25. The van der Waals surface area contributed by atoms with Crippen molar-refractivity contribution in [2.75, 3.05) is 5.73 Å². The minimum Gasteiger partial charge on any atom is -0.385 e. The lowest BCUT2D eigenvalue weighted by molar-refractivity contribution is 1.44. The average molecular weight is 172 g/mol. The fourth-order valence-electron chi connectivity index (χ4n) is 1.57. The second-order valence-corrected chi connectivity index (χ2v) is 3.21. The molecule has 2 aromatic rings. The van der Waals surface area contributed by atoms with Gasteiger partial charge in [-0.2, -0.15) is 0 Å². The van der Waals surface area contributed by atoms with Gasteiger partial charge in [0.15, 0.2) is 0 Å². The lowest BCUT2D eigenvalue weighted by atomic mass is 10.1. The quantitative estimate of drug-likeness (QED) is 0.682. The first-order valence-electron chi connectivity index (χ1n) is 4.22. The predicted molar refractivity (Wildman–Crippen MR) is 57.5 cm³/mol. The molecule has 2 heteroatoms. The standard InChI is InChI=1S/C11H12N2/c1-3-8-9-5-4-7(2)6-10(9)13-11(8)12/h3-6,13H,1,12H2,2H3. The number of nitrogen functional groups attached to an aromatic ring is 1. The molecule has 0 aliphatic heterocycles. The summed E-state index contributed by atoms with van der Waals surface area (Å²) in [5, 5.41) is 1.14. The molecule has 0 fully saturated rings. The molecule has 0 saturated carbocycles. The van der Waals surface area contributed by atoms with Gasteiger partial charge in [-0.05, 0) is 18.6 Å². The Balaban J connectivity index is 2.86. The van der Waals surface area contributed by atoms with Gasteiger partial charge in [0.2, 0.25) is 0 Å². The van der Waals surface area contributed by atoms with Gasteiger partial charge in [0.1, 0.15) is 5.82 Å². The molecule has 0 amide bonds. The molecule has 0 aliphatic rings. The van der Waals surface area contributed by atoms with Crippen molar-refractivity contribution in [2.24, 2.45) is 0 Å². The third kappa shape index (κ3) is 1.11. The van der Waals surface area contributed by atoms with Crippen molar-refractivity contribution in [1.29, 1.82) is 0 Å². The molecule has 0 radical (unpaired) electrons. The van der Waals surface area contributed by atoms with Crippen LogP contribution in [0.3, 0.4) is 0 Å². The van der Waals surface area contributed by atoms with Crippen molar-refractivity contribution in [2.45, 2.75) is 6.92 Å². The van der Waals surface area contributed by atoms with Crippen molar-refractivity contribution >= 4 is 22.8 Å². The van der Waals surface area contributed by atoms with Gasteiger partial charge in [-0.3, -0.25) is 0 Å². The van der Waals surface area contributed by atoms with E-state index in [4.69, 9.17) is 5.73 Å². The van der Waals surface area contributed by atoms with Gasteiger partial charge in [0.05, 0.1) is 0 Å². The first-order valence-corrected chi connectivity index (χ1v) is 4.22. The van der Waals surface area contributed by atoms with Crippen molar-refractivity contribution in [3.8, 4) is 0 Å². The number of nitrogens with two attached hydrogens (primary N) is 1. The number of aromatic amines is 1. The normalized spacial score (nSPS) is 10.5. The Labute approximate surface area is 77.1 Å². The van der Waals surface area contributed by atoms with E-state index in [9.17, 15) is 0 Å². The Bertz CT molecular complexity index is 466. The number of nitrogens with one attached hydrogen (secondary N) is 1. The SMILES string of the molecule is C=Cc1c(N)[nH]c2cc(C)ccc12. The highest BCUT2D eigenvalue weighted by molar-refractivity contribution is 5.94. The summed E-state index contributed by atoms with van der Waals surface area (Å²) >= 11 is 0. The van der Waals surface area contributed by atoms with Gasteiger partial charge >= 0.3 is 0 Å². The summed E-state index contributed by atoms with van der Waals surface area (Å²) < 4.78 is 0. The summed E-state index contributed by atoms with van der Waals surface area (Å²) in [5.41, 5.74) is 9.09. The van der Waals surface area contributed by atoms with Crippen molar-refractivity contribution in [1.82, 2.24) is 4.98 Å². The number of fused-ring (bicyclic) bond motifs is 1. The third-order valence-corrected chi connectivity index (χ3v) is 2.23.